The fraction of sp³-hybridized carbons (Fsp3) is 0.786. The number of aromatic nitrogens is 2. The molecular weight excluding hydrogens is 226 g/mol. The van der Waals surface area contributed by atoms with Gasteiger partial charge in [-0.05, 0) is 19.4 Å². The van der Waals surface area contributed by atoms with E-state index < -0.39 is 0 Å². The van der Waals surface area contributed by atoms with E-state index in [9.17, 15) is 0 Å². The summed E-state index contributed by atoms with van der Waals surface area (Å²) in [6, 6.07) is 2.63. The van der Waals surface area contributed by atoms with Crippen molar-refractivity contribution in [3.8, 4) is 0 Å². The molecule has 0 aliphatic carbocycles. The Kier molecular flexibility index (Phi) is 4.07. The molecule has 2 rings (SSSR count). The molecule has 1 N–H and O–H groups in total. The summed E-state index contributed by atoms with van der Waals surface area (Å²) in [4.78, 5) is 0. The minimum Gasteiger partial charge on any atom is -0.378 e. The summed E-state index contributed by atoms with van der Waals surface area (Å²) in [5.41, 5.74) is 1.36. The van der Waals surface area contributed by atoms with Crippen molar-refractivity contribution >= 4 is 0 Å². The average molecular weight is 251 g/mol. The smallest absolute Gasteiger partial charge is 0.0631 e. The molecular formula is C14H25N3O. The number of nitrogens with one attached hydrogen (secondary N) is 1. The average Bonchev–Trinajstić information content (AvgIpc) is 2.85. The maximum absolute atomic E-state index is 5.81. The highest BCUT2D eigenvalue weighted by Gasteiger charge is 2.41. The molecule has 0 amide bonds. The number of rotatable bonds is 5. The van der Waals surface area contributed by atoms with Gasteiger partial charge in [0.2, 0.25) is 0 Å². The van der Waals surface area contributed by atoms with Crippen LogP contribution in [0.4, 0.5) is 0 Å². The van der Waals surface area contributed by atoms with Crippen molar-refractivity contribution < 1.29 is 4.74 Å². The molecule has 18 heavy (non-hydrogen) atoms. The monoisotopic (exact) mass is 251 g/mol. The summed E-state index contributed by atoms with van der Waals surface area (Å²) in [5.74, 6) is 0. The Balaban J connectivity index is 2.09. The molecule has 2 unspecified atom stereocenters. The van der Waals surface area contributed by atoms with Gasteiger partial charge in [0.15, 0.2) is 0 Å². The lowest BCUT2D eigenvalue weighted by Gasteiger charge is -2.32. The lowest BCUT2D eigenvalue weighted by atomic mass is 9.77. The lowest BCUT2D eigenvalue weighted by Crippen LogP contribution is -2.43. The molecule has 2 atom stereocenters. The van der Waals surface area contributed by atoms with Crippen molar-refractivity contribution in [2.45, 2.75) is 45.8 Å². The molecule has 1 saturated heterocycles. The summed E-state index contributed by atoms with van der Waals surface area (Å²) in [6.45, 7) is 8.44. The van der Waals surface area contributed by atoms with E-state index in [0.717, 1.165) is 26.0 Å². The molecule has 0 spiro atoms. The largest absolute Gasteiger partial charge is 0.378 e. The normalized spacial score (nSPS) is 28.2. The highest BCUT2D eigenvalue weighted by atomic mass is 16.5. The number of aryl methyl sites for hydroxylation is 1. The van der Waals surface area contributed by atoms with Crippen molar-refractivity contribution in [1.82, 2.24) is 15.1 Å². The molecule has 102 valence electrons. The van der Waals surface area contributed by atoms with Gasteiger partial charge in [-0.25, -0.2) is 0 Å². The van der Waals surface area contributed by atoms with Gasteiger partial charge in [0.1, 0.15) is 0 Å². The van der Waals surface area contributed by atoms with E-state index in [2.05, 4.69) is 37.3 Å². The van der Waals surface area contributed by atoms with Crippen LogP contribution in [-0.2, 0) is 18.2 Å². The second-order valence-electron chi connectivity index (χ2n) is 5.82. The van der Waals surface area contributed by atoms with Crippen LogP contribution >= 0.6 is 0 Å². The number of hydrogen-bond donors (Lipinski definition) is 1. The van der Waals surface area contributed by atoms with Crippen molar-refractivity contribution in [1.29, 1.82) is 0 Å². The molecule has 4 nitrogen and oxygen atoms in total. The van der Waals surface area contributed by atoms with E-state index in [4.69, 9.17) is 4.74 Å². The first-order valence-corrected chi connectivity index (χ1v) is 6.85. The third-order valence-corrected chi connectivity index (χ3v) is 3.99. The maximum atomic E-state index is 5.81. The molecule has 0 saturated carbocycles. The number of hydrogen-bond acceptors (Lipinski definition) is 3. The highest BCUT2D eigenvalue weighted by Crippen LogP contribution is 2.37. The van der Waals surface area contributed by atoms with Crippen LogP contribution < -0.4 is 5.32 Å². The third kappa shape index (κ3) is 2.93. The topological polar surface area (TPSA) is 39.1 Å². The van der Waals surface area contributed by atoms with Gasteiger partial charge in [-0.3, -0.25) is 4.68 Å². The van der Waals surface area contributed by atoms with E-state index in [1.807, 2.05) is 17.9 Å². The van der Waals surface area contributed by atoms with Gasteiger partial charge in [0, 0.05) is 44.3 Å². The van der Waals surface area contributed by atoms with E-state index >= 15 is 0 Å². The Hall–Kier alpha value is -0.870. The molecule has 1 aromatic heterocycles. The molecule has 0 bridgehead atoms. The zero-order chi connectivity index (χ0) is 13.2. The van der Waals surface area contributed by atoms with E-state index in [1.165, 1.54) is 5.69 Å². The fourth-order valence-electron chi connectivity index (χ4n) is 2.67. The fourth-order valence-corrected chi connectivity index (χ4v) is 2.67. The van der Waals surface area contributed by atoms with Crippen LogP contribution in [0, 0.1) is 5.41 Å². The zero-order valence-corrected chi connectivity index (χ0v) is 11.9. The molecule has 1 aromatic rings. The van der Waals surface area contributed by atoms with Gasteiger partial charge in [0.05, 0.1) is 11.8 Å². The minimum atomic E-state index is 0.193. The third-order valence-electron chi connectivity index (χ3n) is 3.99. The van der Waals surface area contributed by atoms with Gasteiger partial charge in [-0.2, -0.15) is 5.10 Å². The summed E-state index contributed by atoms with van der Waals surface area (Å²) in [5, 5.41) is 8.09. The standard InChI is InChI=1S/C14H25N3O/c1-11(2)15-10-14(6-8-18-12(14)3)9-13-5-7-17(4)16-13/h5,7,11-12,15H,6,8-10H2,1-4H3. The molecule has 1 aliphatic rings. The van der Waals surface area contributed by atoms with Gasteiger partial charge in [-0.1, -0.05) is 13.8 Å². The summed E-state index contributed by atoms with van der Waals surface area (Å²) in [7, 11) is 1.97. The number of nitrogens with zero attached hydrogens (tertiary/aromatic N) is 2. The Morgan fingerprint density at radius 2 is 2.39 bits per heavy atom. The van der Waals surface area contributed by atoms with Crippen LogP contribution in [0.3, 0.4) is 0 Å². The van der Waals surface area contributed by atoms with Crippen molar-refractivity contribution in [2.75, 3.05) is 13.2 Å². The van der Waals surface area contributed by atoms with Crippen LogP contribution in [0.5, 0.6) is 0 Å². The van der Waals surface area contributed by atoms with Crippen LogP contribution in [0.2, 0.25) is 0 Å². The second kappa shape index (κ2) is 5.41. The van der Waals surface area contributed by atoms with Gasteiger partial charge in [-0.15, -0.1) is 0 Å². The summed E-state index contributed by atoms with van der Waals surface area (Å²) in [6.07, 6.45) is 4.42. The quantitative estimate of drug-likeness (QED) is 0.866. The Morgan fingerprint density at radius 3 is 2.89 bits per heavy atom. The predicted octanol–water partition coefficient (Wildman–Crippen LogP) is 1.76. The Morgan fingerprint density at radius 1 is 1.61 bits per heavy atom. The first-order valence-electron chi connectivity index (χ1n) is 6.85. The molecule has 1 aliphatic heterocycles. The van der Waals surface area contributed by atoms with Crippen LogP contribution in [0.1, 0.15) is 32.9 Å². The first-order chi connectivity index (χ1) is 8.52. The van der Waals surface area contributed by atoms with E-state index in [-0.39, 0.29) is 5.41 Å². The van der Waals surface area contributed by atoms with Crippen LogP contribution in [0.25, 0.3) is 0 Å². The van der Waals surface area contributed by atoms with Crippen LogP contribution in [-0.4, -0.2) is 35.1 Å². The van der Waals surface area contributed by atoms with Gasteiger partial charge < -0.3 is 10.1 Å². The maximum Gasteiger partial charge on any atom is 0.0631 e. The molecule has 2 heterocycles. The Labute approximate surface area is 110 Å². The van der Waals surface area contributed by atoms with Crippen molar-refractivity contribution in [3.63, 3.8) is 0 Å². The Bertz CT molecular complexity index is 388. The second-order valence-corrected chi connectivity index (χ2v) is 5.82. The van der Waals surface area contributed by atoms with Gasteiger partial charge >= 0.3 is 0 Å². The highest BCUT2D eigenvalue weighted by molar-refractivity contribution is 5.06. The lowest BCUT2D eigenvalue weighted by molar-refractivity contribution is 0.0615. The predicted molar refractivity (Wildman–Crippen MR) is 72.5 cm³/mol. The van der Waals surface area contributed by atoms with Crippen molar-refractivity contribution in [3.05, 3.63) is 18.0 Å². The SMILES string of the molecule is CC(C)NCC1(Cc2ccn(C)n2)CCOC1C. The molecule has 4 heteroatoms. The summed E-state index contributed by atoms with van der Waals surface area (Å²) >= 11 is 0. The van der Waals surface area contributed by atoms with Crippen LogP contribution in [0.15, 0.2) is 12.3 Å². The summed E-state index contributed by atoms with van der Waals surface area (Å²) < 4.78 is 7.68. The molecule has 0 aromatic carbocycles. The molecule has 0 radical (unpaired) electrons. The molecule has 1 fully saturated rings. The minimum absolute atomic E-state index is 0.193. The first kappa shape index (κ1) is 13.6. The zero-order valence-electron chi connectivity index (χ0n) is 11.9. The van der Waals surface area contributed by atoms with Gasteiger partial charge in [0.25, 0.3) is 0 Å². The van der Waals surface area contributed by atoms with E-state index in [1.54, 1.807) is 0 Å². The van der Waals surface area contributed by atoms with Crippen molar-refractivity contribution in [2.24, 2.45) is 12.5 Å². The number of ether oxygens (including phenoxy) is 1. The van der Waals surface area contributed by atoms with E-state index in [0.29, 0.717) is 12.1 Å².